The van der Waals surface area contributed by atoms with E-state index in [0.717, 1.165) is 5.56 Å². The highest BCUT2D eigenvalue weighted by Gasteiger charge is 2.14. The molecule has 0 aromatic heterocycles. The zero-order valence-corrected chi connectivity index (χ0v) is 10.6. The average Bonchev–Trinajstić information content (AvgIpc) is 2.38. The third-order valence-corrected chi connectivity index (χ3v) is 2.44. The Labute approximate surface area is 106 Å². The Balaban J connectivity index is 2.45. The quantitative estimate of drug-likeness (QED) is 0.687. The molecule has 0 saturated carbocycles. The Kier molecular flexibility index (Phi) is 5.32. The van der Waals surface area contributed by atoms with Gasteiger partial charge in [-0.3, -0.25) is 9.59 Å². The van der Waals surface area contributed by atoms with Crippen molar-refractivity contribution in [1.82, 2.24) is 5.32 Å². The van der Waals surface area contributed by atoms with E-state index < -0.39 is 11.8 Å². The molecule has 0 heterocycles. The molecule has 1 unspecified atom stereocenters. The molecule has 0 bridgehead atoms. The van der Waals surface area contributed by atoms with Crippen LogP contribution in [0.5, 0.6) is 0 Å². The number of rotatable bonds is 4. The molecule has 0 radical (unpaired) electrons. The number of amides is 2. The van der Waals surface area contributed by atoms with Gasteiger partial charge in [-0.15, -0.1) is 0 Å². The van der Waals surface area contributed by atoms with Gasteiger partial charge in [0.1, 0.15) is 0 Å². The van der Waals surface area contributed by atoms with Crippen LogP contribution >= 0.6 is 0 Å². The Morgan fingerprint density at radius 2 is 1.83 bits per heavy atom. The lowest BCUT2D eigenvalue weighted by Crippen LogP contribution is -2.38. The Bertz CT molecular complexity index is 415. The summed E-state index contributed by atoms with van der Waals surface area (Å²) in [7, 11) is 0. The lowest BCUT2D eigenvalue weighted by Gasteiger charge is -2.09. The zero-order chi connectivity index (χ0) is 13.5. The topological polar surface area (TPSA) is 78.4 Å². The van der Waals surface area contributed by atoms with E-state index in [-0.39, 0.29) is 19.1 Å². The summed E-state index contributed by atoms with van der Waals surface area (Å²) >= 11 is 0. The molecule has 0 aliphatic rings. The molecule has 1 aromatic rings. The van der Waals surface area contributed by atoms with Gasteiger partial charge in [-0.25, -0.2) is 0 Å². The number of anilines is 1. The van der Waals surface area contributed by atoms with E-state index in [1.165, 1.54) is 0 Å². The summed E-state index contributed by atoms with van der Waals surface area (Å²) in [6.45, 7) is 3.96. The van der Waals surface area contributed by atoms with Crippen LogP contribution in [0, 0.1) is 12.8 Å². The van der Waals surface area contributed by atoms with E-state index in [1.54, 1.807) is 19.1 Å². The van der Waals surface area contributed by atoms with Gasteiger partial charge in [0.05, 0.1) is 0 Å². The Morgan fingerprint density at radius 3 is 2.39 bits per heavy atom. The van der Waals surface area contributed by atoms with Crippen molar-refractivity contribution in [1.29, 1.82) is 0 Å². The lowest BCUT2D eigenvalue weighted by molar-refractivity contribution is -0.136. The number of benzene rings is 1. The maximum atomic E-state index is 11.5. The lowest BCUT2D eigenvalue weighted by atomic mass is 10.2. The molecule has 0 fully saturated rings. The van der Waals surface area contributed by atoms with Gasteiger partial charge in [0.15, 0.2) is 0 Å². The van der Waals surface area contributed by atoms with Gasteiger partial charge in [-0.1, -0.05) is 24.6 Å². The van der Waals surface area contributed by atoms with Crippen molar-refractivity contribution in [2.45, 2.75) is 13.8 Å². The Hall–Kier alpha value is -1.88. The van der Waals surface area contributed by atoms with Crippen LogP contribution in [-0.2, 0) is 9.59 Å². The maximum absolute atomic E-state index is 11.5. The molecule has 1 atom stereocenters. The summed E-state index contributed by atoms with van der Waals surface area (Å²) < 4.78 is 0. The van der Waals surface area contributed by atoms with Gasteiger partial charge in [0.25, 0.3) is 0 Å². The first kappa shape index (κ1) is 14.2. The molecular formula is C13H18N2O3. The molecule has 0 spiro atoms. The molecule has 0 aliphatic heterocycles. The van der Waals surface area contributed by atoms with Crippen LogP contribution in [0.15, 0.2) is 24.3 Å². The number of aryl methyl sites for hydroxylation is 1. The van der Waals surface area contributed by atoms with Crippen molar-refractivity contribution in [3.8, 4) is 0 Å². The van der Waals surface area contributed by atoms with Crippen LogP contribution in [0.4, 0.5) is 5.69 Å². The van der Waals surface area contributed by atoms with E-state index in [9.17, 15) is 9.59 Å². The number of carbonyl (C=O) groups excluding carboxylic acids is 2. The van der Waals surface area contributed by atoms with Crippen LogP contribution in [0.25, 0.3) is 0 Å². The normalized spacial score (nSPS) is 11.7. The molecule has 5 heteroatoms. The summed E-state index contributed by atoms with van der Waals surface area (Å²) in [5.74, 6) is -1.47. The van der Waals surface area contributed by atoms with Crippen molar-refractivity contribution in [2.24, 2.45) is 5.92 Å². The predicted octanol–water partition coefficient (Wildman–Crippen LogP) is 0.678. The van der Waals surface area contributed by atoms with Crippen molar-refractivity contribution >= 4 is 17.5 Å². The second-order valence-corrected chi connectivity index (χ2v) is 4.32. The van der Waals surface area contributed by atoms with Crippen molar-refractivity contribution in [3.05, 3.63) is 29.8 Å². The zero-order valence-electron chi connectivity index (χ0n) is 10.6. The highest BCUT2D eigenvalue weighted by Crippen LogP contribution is 2.08. The molecule has 1 rings (SSSR count). The monoisotopic (exact) mass is 250 g/mol. The first-order chi connectivity index (χ1) is 8.52. The second kappa shape index (κ2) is 6.76. The molecule has 1 aromatic carbocycles. The van der Waals surface area contributed by atoms with Gasteiger partial charge in [0.2, 0.25) is 0 Å². The number of carbonyl (C=O) groups is 2. The molecule has 0 aliphatic carbocycles. The fraction of sp³-hybridized carbons (Fsp3) is 0.385. The van der Waals surface area contributed by atoms with Gasteiger partial charge in [0, 0.05) is 18.8 Å². The number of nitrogens with one attached hydrogen (secondary N) is 2. The average molecular weight is 250 g/mol. The predicted molar refractivity (Wildman–Crippen MR) is 69.1 cm³/mol. The van der Waals surface area contributed by atoms with Gasteiger partial charge in [-0.2, -0.15) is 0 Å². The van der Waals surface area contributed by atoms with E-state index >= 15 is 0 Å². The summed E-state index contributed by atoms with van der Waals surface area (Å²) in [5.41, 5.74) is 1.66. The van der Waals surface area contributed by atoms with Crippen LogP contribution < -0.4 is 10.6 Å². The van der Waals surface area contributed by atoms with Gasteiger partial charge >= 0.3 is 11.8 Å². The molecule has 5 nitrogen and oxygen atoms in total. The largest absolute Gasteiger partial charge is 0.396 e. The maximum Gasteiger partial charge on any atom is 0.313 e. The smallest absolute Gasteiger partial charge is 0.313 e. The molecule has 18 heavy (non-hydrogen) atoms. The third kappa shape index (κ3) is 4.55. The highest BCUT2D eigenvalue weighted by molar-refractivity contribution is 6.39. The molecule has 3 N–H and O–H groups in total. The summed E-state index contributed by atoms with van der Waals surface area (Å²) in [6.07, 6.45) is 0. The molecular weight excluding hydrogens is 232 g/mol. The highest BCUT2D eigenvalue weighted by atomic mass is 16.3. The van der Waals surface area contributed by atoms with E-state index in [0.29, 0.717) is 5.69 Å². The molecule has 0 saturated heterocycles. The molecule has 98 valence electrons. The van der Waals surface area contributed by atoms with E-state index in [4.69, 9.17) is 5.11 Å². The fourth-order valence-corrected chi connectivity index (χ4v) is 1.24. The van der Waals surface area contributed by atoms with Crippen molar-refractivity contribution in [3.63, 3.8) is 0 Å². The van der Waals surface area contributed by atoms with Crippen LogP contribution in [-0.4, -0.2) is 30.1 Å². The van der Waals surface area contributed by atoms with E-state index in [1.807, 2.05) is 19.1 Å². The Morgan fingerprint density at radius 1 is 1.22 bits per heavy atom. The van der Waals surface area contributed by atoms with Crippen LogP contribution in [0.2, 0.25) is 0 Å². The van der Waals surface area contributed by atoms with Crippen LogP contribution in [0.1, 0.15) is 12.5 Å². The first-order valence-corrected chi connectivity index (χ1v) is 5.79. The molecule has 2 amide bonds. The standard InChI is InChI=1S/C13H18N2O3/c1-9-3-5-11(6-4-9)15-13(18)12(17)14-7-10(2)8-16/h3-6,10,16H,7-8H2,1-2H3,(H,14,17)(H,15,18). The number of hydrogen-bond acceptors (Lipinski definition) is 3. The first-order valence-electron chi connectivity index (χ1n) is 5.79. The minimum absolute atomic E-state index is 0.0279. The van der Waals surface area contributed by atoms with E-state index in [2.05, 4.69) is 10.6 Å². The third-order valence-electron chi connectivity index (χ3n) is 2.44. The number of hydrogen-bond donors (Lipinski definition) is 3. The van der Waals surface area contributed by atoms with Crippen LogP contribution in [0.3, 0.4) is 0 Å². The minimum atomic E-state index is -0.705. The van der Waals surface area contributed by atoms with Crippen molar-refractivity contribution in [2.75, 3.05) is 18.5 Å². The number of aliphatic hydroxyl groups excluding tert-OH is 1. The number of aliphatic hydroxyl groups is 1. The second-order valence-electron chi connectivity index (χ2n) is 4.32. The summed E-state index contributed by atoms with van der Waals surface area (Å²) in [6, 6.07) is 7.16. The SMILES string of the molecule is Cc1ccc(NC(=O)C(=O)NCC(C)CO)cc1. The van der Waals surface area contributed by atoms with Crippen molar-refractivity contribution < 1.29 is 14.7 Å². The van der Waals surface area contributed by atoms with Gasteiger partial charge in [-0.05, 0) is 25.0 Å². The fourth-order valence-electron chi connectivity index (χ4n) is 1.24. The van der Waals surface area contributed by atoms with Gasteiger partial charge < -0.3 is 15.7 Å². The summed E-state index contributed by atoms with van der Waals surface area (Å²) in [4.78, 5) is 22.9. The summed E-state index contributed by atoms with van der Waals surface area (Å²) in [5, 5.41) is 13.7. The minimum Gasteiger partial charge on any atom is -0.396 e.